The third kappa shape index (κ3) is 2.12. The molecule has 0 aliphatic carbocycles. The van der Waals surface area contributed by atoms with Crippen LogP contribution in [0.5, 0.6) is 0 Å². The molecule has 1 aromatic rings. The van der Waals surface area contributed by atoms with Crippen LogP contribution in [0.2, 0.25) is 0 Å². The molecule has 0 saturated carbocycles. The van der Waals surface area contributed by atoms with Crippen LogP contribution in [0.15, 0.2) is 22.8 Å². The van der Waals surface area contributed by atoms with Crippen molar-refractivity contribution in [3.8, 4) is 0 Å². The summed E-state index contributed by atoms with van der Waals surface area (Å²) in [7, 11) is 0. The molecule has 0 fully saturated rings. The quantitative estimate of drug-likeness (QED) is 0.585. The summed E-state index contributed by atoms with van der Waals surface area (Å²) in [6, 6.07) is 4.44. The van der Waals surface area contributed by atoms with Gasteiger partial charge in [0.1, 0.15) is 10.4 Å². The summed E-state index contributed by atoms with van der Waals surface area (Å²) in [4.78, 5) is 14.6. The van der Waals surface area contributed by atoms with E-state index in [0.29, 0.717) is 10.4 Å². The number of carbonyl (C=O) groups is 1. The highest BCUT2D eigenvalue weighted by atomic mass is 79.9. The number of carbonyl (C=O) groups excluding carboxylic acids is 1. The summed E-state index contributed by atoms with van der Waals surface area (Å²) in [5, 5.41) is 0. The Morgan fingerprint density at radius 3 is 2.83 bits per heavy atom. The number of amides is 2. The number of aromatic nitrogens is 1. The third-order valence-electron chi connectivity index (χ3n) is 1.13. The average molecular weight is 248 g/mol. The molecule has 6 heteroatoms. The highest BCUT2D eigenvalue weighted by molar-refractivity contribution is 9.10. The Kier molecular flexibility index (Phi) is 2.93. The van der Waals surface area contributed by atoms with Gasteiger partial charge in [-0.15, -0.1) is 0 Å². The molecule has 1 rings (SSSR count). The lowest BCUT2D eigenvalue weighted by atomic mass is 10.5. The second kappa shape index (κ2) is 3.77. The standard InChI is InChI=1S/C6H6BrN3OS/c7-4-2-1-3-5(9-4)10(12)6(8)11/h1-3,12H,(H2,8,11). The monoisotopic (exact) mass is 247 g/mol. The minimum atomic E-state index is -0.663. The topological polar surface area (TPSA) is 59.2 Å². The number of primary amides is 1. The van der Waals surface area contributed by atoms with Crippen molar-refractivity contribution < 1.29 is 4.79 Å². The summed E-state index contributed by atoms with van der Waals surface area (Å²) >= 11 is 6.99. The molecule has 1 heterocycles. The van der Waals surface area contributed by atoms with E-state index in [1.165, 1.54) is 0 Å². The van der Waals surface area contributed by atoms with Gasteiger partial charge < -0.3 is 5.73 Å². The molecule has 0 aliphatic rings. The molecule has 0 spiro atoms. The van der Waals surface area contributed by atoms with Crippen molar-refractivity contribution in [2.75, 3.05) is 4.31 Å². The van der Waals surface area contributed by atoms with Crippen molar-refractivity contribution in [3.05, 3.63) is 22.8 Å². The average Bonchev–Trinajstić information content (AvgIpc) is 2.03. The number of rotatable bonds is 1. The molecule has 0 atom stereocenters. The first-order valence-corrected chi connectivity index (χ1v) is 4.21. The Balaban J connectivity index is 2.95. The lowest BCUT2D eigenvalue weighted by Crippen LogP contribution is -2.27. The first kappa shape index (κ1) is 9.34. The second-order valence-corrected chi connectivity index (χ2v) is 3.18. The molecule has 0 aliphatic heterocycles. The largest absolute Gasteiger partial charge is 0.350 e. The summed E-state index contributed by atoms with van der Waals surface area (Å²) in [6.45, 7) is 0. The maximum Gasteiger partial charge on any atom is 0.330 e. The van der Waals surface area contributed by atoms with Crippen LogP contribution in [0.1, 0.15) is 0 Å². The molecule has 0 unspecified atom stereocenters. The van der Waals surface area contributed by atoms with Crippen molar-refractivity contribution in [1.29, 1.82) is 0 Å². The van der Waals surface area contributed by atoms with Gasteiger partial charge in [-0.3, -0.25) is 0 Å². The normalized spacial score (nSPS) is 9.50. The molecular weight excluding hydrogens is 242 g/mol. The fourth-order valence-corrected chi connectivity index (χ4v) is 1.07. The van der Waals surface area contributed by atoms with Crippen LogP contribution in [0.4, 0.5) is 10.6 Å². The predicted octanol–water partition coefficient (Wildman–Crippen LogP) is 1.57. The van der Waals surface area contributed by atoms with Crippen molar-refractivity contribution in [2.45, 2.75) is 0 Å². The molecule has 0 radical (unpaired) electrons. The van der Waals surface area contributed by atoms with Gasteiger partial charge in [0.25, 0.3) is 0 Å². The Morgan fingerprint density at radius 2 is 2.33 bits per heavy atom. The van der Waals surface area contributed by atoms with Crippen LogP contribution in [0, 0.1) is 0 Å². The Hall–Kier alpha value is -0.750. The number of hydrogen-bond acceptors (Lipinski definition) is 3. The maximum absolute atomic E-state index is 10.6. The van der Waals surface area contributed by atoms with Gasteiger partial charge in [-0.1, -0.05) is 18.9 Å². The van der Waals surface area contributed by atoms with E-state index >= 15 is 0 Å². The van der Waals surface area contributed by atoms with E-state index in [1.54, 1.807) is 18.2 Å². The molecule has 0 saturated heterocycles. The van der Waals surface area contributed by atoms with Gasteiger partial charge in [0.15, 0.2) is 0 Å². The number of pyridine rings is 1. The number of anilines is 1. The van der Waals surface area contributed by atoms with Crippen LogP contribution in [-0.2, 0) is 0 Å². The van der Waals surface area contributed by atoms with E-state index in [2.05, 4.69) is 33.7 Å². The zero-order valence-corrected chi connectivity index (χ0v) is 8.42. The number of hydrogen-bond donors (Lipinski definition) is 2. The Morgan fingerprint density at radius 1 is 1.67 bits per heavy atom. The van der Waals surface area contributed by atoms with E-state index in [-0.39, 0.29) is 0 Å². The molecule has 4 nitrogen and oxygen atoms in total. The van der Waals surface area contributed by atoms with E-state index in [0.717, 1.165) is 4.31 Å². The van der Waals surface area contributed by atoms with Gasteiger partial charge in [-0.05, 0) is 28.1 Å². The van der Waals surface area contributed by atoms with Crippen molar-refractivity contribution in [1.82, 2.24) is 4.98 Å². The van der Waals surface area contributed by atoms with Gasteiger partial charge >= 0.3 is 6.03 Å². The lowest BCUT2D eigenvalue weighted by molar-refractivity contribution is 0.257. The first-order valence-electron chi connectivity index (χ1n) is 3.02. The molecular formula is C6H6BrN3OS. The highest BCUT2D eigenvalue weighted by Crippen LogP contribution is 2.15. The highest BCUT2D eigenvalue weighted by Gasteiger charge is 2.08. The molecule has 0 aromatic carbocycles. The van der Waals surface area contributed by atoms with Crippen molar-refractivity contribution >= 4 is 40.6 Å². The third-order valence-corrected chi connectivity index (χ3v) is 1.97. The Labute approximate surface area is 83.4 Å². The van der Waals surface area contributed by atoms with Crippen LogP contribution in [-0.4, -0.2) is 11.0 Å². The van der Waals surface area contributed by atoms with Crippen LogP contribution >= 0.6 is 28.7 Å². The lowest BCUT2D eigenvalue weighted by Gasteiger charge is -2.10. The minimum Gasteiger partial charge on any atom is -0.350 e. The summed E-state index contributed by atoms with van der Waals surface area (Å²) in [5.41, 5.74) is 4.97. The second-order valence-electron chi connectivity index (χ2n) is 1.97. The molecule has 2 amide bonds. The first-order chi connectivity index (χ1) is 5.61. The zero-order chi connectivity index (χ0) is 9.14. The van der Waals surface area contributed by atoms with E-state index in [1.807, 2.05) is 0 Å². The number of thiol groups is 1. The van der Waals surface area contributed by atoms with Gasteiger partial charge in [-0.2, -0.15) is 0 Å². The molecule has 1 aromatic heterocycles. The SMILES string of the molecule is NC(=O)N(S)c1cccc(Br)n1. The van der Waals surface area contributed by atoms with Crippen molar-refractivity contribution in [3.63, 3.8) is 0 Å². The molecule has 0 bridgehead atoms. The molecule has 12 heavy (non-hydrogen) atoms. The van der Waals surface area contributed by atoms with Gasteiger partial charge in [0.05, 0.1) is 0 Å². The van der Waals surface area contributed by atoms with E-state index < -0.39 is 6.03 Å². The van der Waals surface area contributed by atoms with Crippen LogP contribution in [0.3, 0.4) is 0 Å². The Bertz CT molecular complexity index is 307. The number of nitrogens with two attached hydrogens (primary N) is 1. The van der Waals surface area contributed by atoms with Gasteiger partial charge in [-0.25, -0.2) is 14.1 Å². The van der Waals surface area contributed by atoms with E-state index in [9.17, 15) is 4.79 Å². The molecule has 64 valence electrons. The number of halogens is 1. The van der Waals surface area contributed by atoms with Gasteiger partial charge in [0, 0.05) is 0 Å². The van der Waals surface area contributed by atoms with Gasteiger partial charge in [0.2, 0.25) is 0 Å². The maximum atomic E-state index is 10.6. The summed E-state index contributed by atoms with van der Waals surface area (Å²) in [5.74, 6) is 0.389. The van der Waals surface area contributed by atoms with Crippen LogP contribution in [0.25, 0.3) is 0 Å². The summed E-state index contributed by atoms with van der Waals surface area (Å²) in [6.07, 6.45) is 0. The molecule has 2 N–H and O–H groups in total. The van der Waals surface area contributed by atoms with Crippen molar-refractivity contribution in [2.24, 2.45) is 5.73 Å². The summed E-state index contributed by atoms with van der Waals surface area (Å²) < 4.78 is 1.59. The number of urea groups is 1. The van der Waals surface area contributed by atoms with Crippen LogP contribution < -0.4 is 10.0 Å². The van der Waals surface area contributed by atoms with E-state index in [4.69, 9.17) is 5.73 Å². The number of nitrogens with zero attached hydrogens (tertiary/aromatic N) is 2. The predicted molar refractivity (Wildman–Crippen MR) is 53.0 cm³/mol. The zero-order valence-electron chi connectivity index (χ0n) is 5.94. The smallest absolute Gasteiger partial charge is 0.330 e. The minimum absolute atomic E-state index is 0.389. The fraction of sp³-hybridized carbons (Fsp3) is 0. The fourth-order valence-electron chi connectivity index (χ4n) is 0.628.